The second kappa shape index (κ2) is 7.27. The third-order valence-electron chi connectivity index (χ3n) is 4.09. The summed E-state index contributed by atoms with van der Waals surface area (Å²) in [6, 6.07) is 10.7. The molecule has 1 saturated heterocycles. The Hall–Kier alpha value is -1.07. The minimum Gasteiger partial charge on any atom is -0.302 e. The van der Waals surface area contributed by atoms with Crippen LogP contribution in [0.5, 0.6) is 0 Å². The van der Waals surface area contributed by atoms with E-state index in [1.54, 1.807) is 0 Å². The lowest BCUT2D eigenvalue weighted by molar-refractivity contribution is -0.136. The Morgan fingerprint density at radius 1 is 1.24 bits per heavy atom. The average molecular weight is 300 g/mol. The second-order valence-corrected chi connectivity index (χ2v) is 5.86. The molecule has 0 unspecified atom stereocenters. The first kappa shape index (κ1) is 16.3. The van der Waals surface area contributed by atoms with Crippen LogP contribution in [-0.2, 0) is 6.54 Å². The number of hydrogen-bond acceptors (Lipinski definition) is 2. The summed E-state index contributed by atoms with van der Waals surface area (Å²) in [4.78, 5) is 4.46. The average Bonchev–Trinajstić information content (AvgIpc) is 2.87. The van der Waals surface area contributed by atoms with Gasteiger partial charge in [0.2, 0.25) is 0 Å². The van der Waals surface area contributed by atoms with Gasteiger partial charge < -0.3 is 4.90 Å². The molecule has 1 fully saturated rings. The van der Waals surface area contributed by atoms with Crippen LogP contribution >= 0.6 is 0 Å². The minimum absolute atomic E-state index is 0.190. The molecular formula is C16H23F3N2. The van der Waals surface area contributed by atoms with Gasteiger partial charge in [-0.05, 0) is 32.0 Å². The predicted octanol–water partition coefficient (Wildman–Crippen LogP) is 3.54. The molecule has 1 aliphatic heterocycles. The lowest BCUT2D eigenvalue weighted by Crippen LogP contribution is -2.35. The van der Waals surface area contributed by atoms with Gasteiger partial charge in [0.15, 0.2) is 0 Å². The van der Waals surface area contributed by atoms with Gasteiger partial charge in [0.25, 0.3) is 0 Å². The molecule has 0 bridgehead atoms. The van der Waals surface area contributed by atoms with Crippen LogP contribution < -0.4 is 0 Å². The largest absolute Gasteiger partial charge is 0.389 e. The maximum atomic E-state index is 12.2. The standard InChI is InChI=1S/C16H23F3N2/c1-20(10-5-9-16(17,18)19)15-8-11-21(13-15)12-14-6-3-2-4-7-14/h2-4,6-7,15H,5,8-13H2,1H3/t15-/m1/s1. The molecule has 0 N–H and O–H groups in total. The third kappa shape index (κ3) is 5.67. The zero-order valence-electron chi connectivity index (χ0n) is 12.4. The third-order valence-corrected chi connectivity index (χ3v) is 4.09. The van der Waals surface area contributed by atoms with Crippen molar-refractivity contribution in [3.05, 3.63) is 35.9 Å². The van der Waals surface area contributed by atoms with Crippen molar-refractivity contribution < 1.29 is 13.2 Å². The van der Waals surface area contributed by atoms with E-state index in [1.165, 1.54) is 5.56 Å². The molecule has 0 amide bonds. The lowest BCUT2D eigenvalue weighted by Gasteiger charge is -2.25. The molecule has 1 aromatic carbocycles. The van der Waals surface area contributed by atoms with E-state index in [0.717, 1.165) is 26.1 Å². The van der Waals surface area contributed by atoms with Gasteiger partial charge in [-0.3, -0.25) is 4.90 Å². The molecule has 1 aliphatic rings. The number of hydrogen-bond donors (Lipinski definition) is 0. The van der Waals surface area contributed by atoms with Crippen molar-refractivity contribution >= 4 is 0 Å². The molecule has 0 radical (unpaired) electrons. The van der Waals surface area contributed by atoms with E-state index < -0.39 is 12.6 Å². The van der Waals surface area contributed by atoms with Crippen molar-refractivity contribution in [1.29, 1.82) is 0 Å². The highest BCUT2D eigenvalue weighted by molar-refractivity contribution is 5.14. The van der Waals surface area contributed by atoms with Gasteiger partial charge in [-0.2, -0.15) is 13.2 Å². The van der Waals surface area contributed by atoms with Gasteiger partial charge in [0, 0.05) is 32.1 Å². The molecule has 1 heterocycles. The van der Waals surface area contributed by atoms with Crippen molar-refractivity contribution in [3.63, 3.8) is 0 Å². The molecule has 118 valence electrons. The SMILES string of the molecule is CN(CCCC(F)(F)F)[C@@H]1CCN(Cc2ccccc2)C1. The normalized spacial score (nSPS) is 20.3. The minimum atomic E-state index is -4.03. The number of alkyl halides is 3. The molecule has 5 heteroatoms. The Morgan fingerprint density at radius 2 is 1.95 bits per heavy atom. The van der Waals surface area contributed by atoms with Gasteiger partial charge in [-0.25, -0.2) is 0 Å². The van der Waals surface area contributed by atoms with Gasteiger partial charge >= 0.3 is 6.18 Å². The zero-order valence-corrected chi connectivity index (χ0v) is 12.4. The van der Waals surface area contributed by atoms with Crippen LogP contribution in [0.1, 0.15) is 24.8 Å². The summed E-state index contributed by atoms with van der Waals surface area (Å²) in [6.07, 6.45) is -3.49. The Morgan fingerprint density at radius 3 is 2.62 bits per heavy atom. The van der Waals surface area contributed by atoms with Gasteiger partial charge in [0.05, 0.1) is 0 Å². The van der Waals surface area contributed by atoms with Crippen molar-refractivity contribution in [2.75, 3.05) is 26.7 Å². The Labute approximate surface area is 124 Å². The van der Waals surface area contributed by atoms with Crippen LogP contribution in [0.2, 0.25) is 0 Å². The second-order valence-electron chi connectivity index (χ2n) is 5.86. The molecule has 1 atom stereocenters. The number of rotatable bonds is 6. The molecule has 0 aliphatic carbocycles. The summed E-state index contributed by atoms with van der Waals surface area (Å²) in [5.74, 6) is 0. The summed E-state index contributed by atoms with van der Waals surface area (Å²) < 4.78 is 36.5. The summed E-state index contributed by atoms with van der Waals surface area (Å²) in [5, 5.41) is 0. The van der Waals surface area contributed by atoms with Crippen LogP contribution in [0.4, 0.5) is 13.2 Å². The molecular weight excluding hydrogens is 277 g/mol. The zero-order chi connectivity index (χ0) is 15.3. The summed E-state index contributed by atoms with van der Waals surface area (Å²) in [5.41, 5.74) is 1.29. The van der Waals surface area contributed by atoms with Gasteiger partial charge in [0.1, 0.15) is 0 Å². The van der Waals surface area contributed by atoms with Crippen molar-refractivity contribution in [3.8, 4) is 0 Å². The number of likely N-dealkylation sites (tertiary alicyclic amines) is 1. The quantitative estimate of drug-likeness (QED) is 0.793. The van der Waals surface area contributed by atoms with E-state index in [-0.39, 0.29) is 6.42 Å². The Balaban J connectivity index is 1.71. The molecule has 2 nitrogen and oxygen atoms in total. The van der Waals surface area contributed by atoms with Crippen LogP contribution in [0, 0.1) is 0 Å². The molecule has 21 heavy (non-hydrogen) atoms. The van der Waals surface area contributed by atoms with Crippen molar-refractivity contribution in [2.45, 2.75) is 38.0 Å². The Bertz CT molecular complexity index is 419. The first-order valence-electron chi connectivity index (χ1n) is 7.47. The van der Waals surface area contributed by atoms with Crippen LogP contribution in [0.3, 0.4) is 0 Å². The molecule has 0 saturated carbocycles. The fourth-order valence-corrected chi connectivity index (χ4v) is 2.87. The van der Waals surface area contributed by atoms with Gasteiger partial charge in [-0.15, -0.1) is 0 Å². The fourth-order valence-electron chi connectivity index (χ4n) is 2.87. The summed E-state index contributed by atoms with van der Waals surface area (Å²) in [6.45, 7) is 3.40. The van der Waals surface area contributed by atoms with E-state index in [1.807, 2.05) is 25.2 Å². The van der Waals surface area contributed by atoms with E-state index in [0.29, 0.717) is 12.6 Å². The fraction of sp³-hybridized carbons (Fsp3) is 0.625. The van der Waals surface area contributed by atoms with E-state index in [2.05, 4.69) is 21.9 Å². The first-order chi connectivity index (χ1) is 9.94. The number of nitrogens with zero attached hydrogens (tertiary/aromatic N) is 2. The van der Waals surface area contributed by atoms with Crippen molar-refractivity contribution in [2.24, 2.45) is 0 Å². The predicted molar refractivity (Wildman–Crippen MR) is 78.0 cm³/mol. The van der Waals surface area contributed by atoms with Crippen LogP contribution in [0.25, 0.3) is 0 Å². The smallest absolute Gasteiger partial charge is 0.302 e. The maximum absolute atomic E-state index is 12.2. The lowest BCUT2D eigenvalue weighted by atomic mass is 10.2. The highest BCUT2D eigenvalue weighted by Gasteiger charge is 2.28. The monoisotopic (exact) mass is 300 g/mol. The van der Waals surface area contributed by atoms with Gasteiger partial charge in [-0.1, -0.05) is 30.3 Å². The molecule has 0 spiro atoms. The summed E-state index contributed by atoms with van der Waals surface area (Å²) in [7, 11) is 1.94. The number of benzene rings is 1. The topological polar surface area (TPSA) is 6.48 Å². The highest BCUT2D eigenvalue weighted by Crippen LogP contribution is 2.22. The maximum Gasteiger partial charge on any atom is 0.389 e. The van der Waals surface area contributed by atoms with Crippen LogP contribution in [-0.4, -0.2) is 48.7 Å². The molecule has 2 rings (SSSR count). The van der Waals surface area contributed by atoms with Crippen LogP contribution in [0.15, 0.2) is 30.3 Å². The number of halogens is 3. The van der Waals surface area contributed by atoms with E-state index in [9.17, 15) is 13.2 Å². The highest BCUT2D eigenvalue weighted by atomic mass is 19.4. The molecule has 0 aromatic heterocycles. The van der Waals surface area contributed by atoms with E-state index >= 15 is 0 Å². The van der Waals surface area contributed by atoms with Crippen molar-refractivity contribution in [1.82, 2.24) is 9.80 Å². The molecule has 1 aromatic rings. The van der Waals surface area contributed by atoms with E-state index in [4.69, 9.17) is 0 Å². The Kier molecular flexibility index (Phi) is 5.65. The first-order valence-corrected chi connectivity index (χ1v) is 7.47. The number of likely N-dealkylation sites (N-methyl/N-ethyl adjacent to an activating group) is 1. The summed E-state index contributed by atoms with van der Waals surface area (Å²) >= 11 is 0.